The first-order chi connectivity index (χ1) is 12.2. The number of carbonyl (C=O) groups is 1. The summed E-state index contributed by atoms with van der Waals surface area (Å²) in [6.45, 7) is 0.658. The summed E-state index contributed by atoms with van der Waals surface area (Å²) >= 11 is 0. The van der Waals surface area contributed by atoms with E-state index in [4.69, 9.17) is 0 Å². The van der Waals surface area contributed by atoms with Gasteiger partial charge in [0.2, 0.25) is 0 Å². The van der Waals surface area contributed by atoms with Crippen molar-refractivity contribution in [2.24, 2.45) is 0 Å². The number of fused-ring (bicyclic) bond motifs is 1. The monoisotopic (exact) mass is 329 g/mol. The molecule has 0 radical (unpaired) electrons. The third kappa shape index (κ3) is 2.89. The van der Waals surface area contributed by atoms with Crippen LogP contribution in [-0.4, -0.2) is 22.5 Å². The number of rotatable bonds is 2. The van der Waals surface area contributed by atoms with Gasteiger partial charge in [0, 0.05) is 12.1 Å². The molecule has 3 nitrogen and oxygen atoms in total. The quantitative estimate of drug-likeness (QED) is 0.766. The predicted molar refractivity (Wildman–Crippen MR) is 97.6 cm³/mol. The first-order valence-electron chi connectivity index (χ1n) is 8.47. The Morgan fingerprint density at radius 2 is 1.60 bits per heavy atom. The van der Waals surface area contributed by atoms with Crippen LogP contribution < -0.4 is 0 Å². The van der Waals surface area contributed by atoms with Crippen molar-refractivity contribution in [2.75, 3.05) is 6.54 Å². The zero-order chi connectivity index (χ0) is 17.2. The summed E-state index contributed by atoms with van der Waals surface area (Å²) in [5.41, 5.74) is 3.93. The van der Waals surface area contributed by atoms with Crippen LogP contribution in [0.3, 0.4) is 0 Å². The van der Waals surface area contributed by atoms with Gasteiger partial charge < -0.3 is 10.0 Å². The number of phenolic OH excluding ortho intramolecular Hbond substituents is 1. The van der Waals surface area contributed by atoms with E-state index < -0.39 is 0 Å². The molecule has 3 aromatic carbocycles. The van der Waals surface area contributed by atoms with Crippen molar-refractivity contribution in [1.82, 2.24) is 4.90 Å². The lowest BCUT2D eigenvalue weighted by molar-refractivity contribution is 0.0694. The molecular formula is C22H19NO2. The maximum Gasteiger partial charge on any atom is 0.254 e. The number of amides is 1. The van der Waals surface area contributed by atoms with Gasteiger partial charge in [-0.05, 0) is 47.4 Å². The number of hydrogen-bond donors (Lipinski definition) is 1. The molecule has 0 aliphatic carbocycles. The van der Waals surface area contributed by atoms with Crippen LogP contribution in [0.5, 0.6) is 5.75 Å². The largest absolute Gasteiger partial charge is 0.508 e. The van der Waals surface area contributed by atoms with E-state index in [1.807, 2.05) is 71.6 Å². The van der Waals surface area contributed by atoms with Crippen molar-refractivity contribution in [1.29, 1.82) is 0 Å². The third-order valence-electron chi connectivity index (χ3n) is 4.75. The molecule has 1 heterocycles. The van der Waals surface area contributed by atoms with Gasteiger partial charge in [-0.25, -0.2) is 0 Å². The molecule has 0 fully saturated rings. The van der Waals surface area contributed by atoms with Crippen molar-refractivity contribution in [3.63, 3.8) is 0 Å². The van der Waals surface area contributed by atoms with E-state index in [0.29, 0.717) is 12.1 Å². The maximum absolute atomic E-state index is 13.1. The molecule has 0 saturated carbocycles. The normalized spacial score (nSPS) is 16.3. The summed E-state index contributed by atoms with van der Waals surface area (Å²) in [5.74, 6) is 0.247. The number of carbonyl (C=O) groups excluding carboxylic acids is 1. The predicted octanol–water partition coefficient (Wildman–Crippen LogP) is 4.18. The van der Waals surface area contributed by atoms with Gasteiger partial charge in [-0.15, -0.1) is 0 Å². The first-order valence-corrected chi connectivity index (χ1v) is 8.47. The molecule has 124 valence electrons. The Labute approximate surface area is 147 Å². The zero-order valence-corrected chi connectivity index (χ0v) is 13.8. The Bertz CT molecular complexity index is 890. The second kappa shape index (κ2) is 6.44. The Kier molecular flexibility index (Phi) is 3.98. The minimum Gasteiger partial charge on any atom is -0.508 e. The fourth-order valence-electron chi connectivity index (χ4n) is 3.56. The van der Waals surface area contributed by atoms with Crippen LogP contribution in [-0.2, 0) is 6.42 Å². The van der Waals surface area contributed by atoms with Crippen molar-refractivity contribution < 1.29 is 9.90 Å². The summed E-state index contributed by atoms with van der Waals surface area (Å²) in [6, 6.07) is 24.7. The Hall–Kier alpha value is -3.07. The second-order valence-electron chi connectivity index (χ2n) is 6.31. The zero-order valence-electron chi connectivity index (χ0n) is 13.8. The van der Waals surface area contributed by atoms with E-state index >= 15 is 0 Å². The van der Waals surface area contributed by atoms with Crippen LogP contribution in [0.15, 0.2) is 78.9 Å². The Balaban J connectivity index is 1.82. The molecule has 1 atom stereocenters. The summed E-state index contributed by atoms with van der Waals surface area (Å²) in [6.07, 6.45) is 0.789. The minimum absolute atomic E-state index is 0.0171. The van der Waals surface area contributed by atoms with Gasteiger partial charge in [-0.2, -0.15) is 0 Å². The second-order valence-corrected chi connectivity index (χ2v) is 6.31. The lowest BCUT2D eigenvalue weighted by atomic mass is 9.87. The van der Waals surface area contributed by atoms with Gasteiger partial charge in [-0.3, -0.25) is 4.79 Å². The highest BCUT2D eigenvalue weighted by atomic mass is 16.3. The number of nitrogens with zero attached hydrogens (tertiary/aromatic N) is 1. The fourth-order valence-corrected chi connectivity index (χ4v) is 3.56. The summed E-state index contributed by atoms with van der Waals surface area (Å²) in [5, 5.41) is 9.99. The molecule has 0 spiro atoms. The van der Waals surface area contributed by atoms with E-state index in [-0.39, 0.29) is 17.7 Å². The lowest BCUT2D eigenvalue weighted by Gasteiger charge is -2.38. The molecule has 25 heavy (non-hydrogen) atoms. The SMILES string of the molecule is O=C(c1ccccc1)N1CCc2ccc(O)cc2C1c1ccccc1. The molecule has 1 amide bonds. The molecule has 0 saturated heterocycles. The molecule has 1 unspecified atom stereocenters. The van der Waals surface area contributed by atoms with Crippen LogP contribution in [0.2, 0.25) is 0 Å². The third-order valence-corrected chi connectivity index (χ3v) is 4.75. The number of hydrogen-bond acceptors (Lipinski definition) is 2. The standard InChI is InChI=1S/C22H19NO2/c24-19-12-11-16-13-14-23(22(25)18-9-5-2-6-10-18)21(20(16)15-19)17-7-3-1-4-8-17/h1-12,15,21,24H,13-14H2. The molecular weight excluding hydrogens is 310 g/mol. The van der Waals surface area contributed by atoms with Gasteiger partial charge in [0.1, 0.15) is 5.75 Å². The summed E-state index contributed by atoms with van der Waals surface area (Å²) in [4.78, 5) is 15.1. The first kappa shape index (κ1) is 15.5. The van der Waals surface area contributed by atoms with Crippen molar-refractivity contribution in [2.45, 2.75) is 12.5 Å². The van der Waals surface area contributed by atoms with E-state index in [1.54, 1.807) is 12.1 Å². The van der Waals surface area contributed by atoms with Crippen LogP contribution in [0.4, 0.5) is 0 Å². The molecule has 1 aliphatic rings. The highest BCUT2D eigenvalue weighted by Gasteiger charge is 2.32. The fraction of sp³-hybridized carbons (Fsp3) is 0.136. The van der Waals surface area contributed by atoms with E-state index in [2.05, 4.69) is 0 Å². The molecule has 1 aliphatic heterocycles. The molecule has 1 N–H and O–H groups in total. The van der Waals surface area contributed by atoms with Crippen LogP contribution in [0, 0.1) is 0 Å². The Morgan fingerprint density at radius 1 is 0.920 bits per heavy atom. The summed E-state index contributed by atoms with van der Waals surface area (Å²) < 4.78 is 0. The van der Waals surface area contributed by atoms with E-state index in [0.717, 1.165) is 17.5 Å². The van der Waals surface area contributed by atoms with Gasteiger partial charge >= 0.3 is 0 Å². The number of aromatic hydroxyl groups is 1. The summed E-state index contributed by atoms with van der Waals surface area (Å²) in [7, 11) is 0. The van der Waals surface area contributed by atoms with Gasteiger partial charge in [-0.1, -0.05) is 54.6 Å². The highest BCUT2D eigenvalue weighted by molar-refractivity contribution is 5.95. The number of phenols is 1. The number of benzene rings is 3. The molecule has 0 bridgehead atoms. The van der Waals surface area contributed by atoms with Gasteiger partial charge in [0.15, 0.2) is 0 Å². The minimum atomic E-state index is -0.190. The van der Waals surface area contributed by atoms with Gasteiger partial charge in [0.05, 0.1) is 6.04 Å². The molecule has 3 heteroatoms. The van der Waals surface area contributed by atoms with Crippen molar-refractivity contribution in [3.8, 4) is 5.75 Å². The maximum atomic E-state index is 13.1. The van der Waals surface area contributed by atoms with Crippen molar-refractivity contribution in [3.05, 3.63) is 101 Å². The van der Waals surface area contributed by atoms with Crippen LogP contribution in [0.1, 0.15) is 33.1 Å². The molecule has 3 aromatic rings. The van der Waals surface area contributed by atoms with E-state index in [9.17, 15) is 9.90 Å². The Morgan fingerprint density at radius 3 is 2.32 bits per heavy atom. The topological polar surface area (TPSA) is 40.5 Å². The molecule has 4 rings (SSSR count). The smallest absolute Gasteiger partial charge is 0.254 e. The van der Waals surface area contributed by atoms with E-state index in [1.165, 1.54) is 5.56 Å². The lowest BCUT2D eigenvalue weighted by Crippen LogP contribution is -2.40. The van der Waals surface area contributed by atoms with Crippen molar-refractivity contribution >= 4 is 5.91 Å². The average molecular weight is 329 g/mol. The average Bonchev–Trinajstić information content (AvgIpc) is 2.68. The molecule has 0 aromatic heterocycles. The van der Waals surface area contributed by atoms with Crippen LogP contribution >= 0.6 is 0 Å². The highest BCUT2D eigenvalue weighted by Crippen LogP contribution is 2.37. The van der Waals surface area contributed by atoms with Gasteiger partial charge in [0.25, 0.3) is 5.91 Å². The van der Waals surface area contributed by atoms with Crippen LogP contribution in [0.25, 0.3) is 0 Å².